The third-order valence-electron chi connectivity index (χ3n) is 2.82. The first-order valence-electron chi connectivity index (χ1n) is 7.23. The largest absolute Gasteiger partial charge is 0.500 e. The molecule has 0 aromatic carbocycles. The van der Waals surface area contributed by atoms with Gasteiger partial charge in [-0.15, -0.1) is 0 Å². The molecule has 122 valence electrons. The second-order valence-electron chi connectivity index (χ2n) is 4.01. The lowest BCUT2D eigenvalue weighted by Gasteiger charge is -2.32. The van der Waals surface area contributed by atoms with Gasteiger partial charge in [-0.25, -0.2) is 0 Å². The molecule has 0 spiro atoms. The zero-order chi connectivity index (χ0) is 15.5. The van der Waals surface area contributed by atoms with Crippen LogP contribution in [0.3, 0.4) is 0 Å². The van der Waals surface area contributed by atoms with Gasteiger partial charge in [0.1, 0.15) is 0 Å². The van der Waals surface area contributed by atoms with Gasteiger partial charge >= 0.3 is 17.6 Å². The Morgan fingerprint density at radius 3 is 0.950 bits per heavy atom. The summed E-state index contributed by atoms with van der Waals surface area (Å²) in [5.74, 6) is 0. The zero-order valence-corrected chi connectivity index (χ0v) is 15.7. The highest BCUT2D eigenvalue weighted by molar-refractivity contribution is 6.66. The van der Waals surface area contributed by atoms with Crippen LogP contribution in [0, 0.1) is 0 Å². The van der Waals surface area contributed by atoms with E-state index in [4.69, 9.17) is 26.6 Å². The lowest BCUT2D eigenvalue weighted by Crippen LogP contribution is -2.50. The maximum Gasteiger partial charge on any atom is 0.500 e. The average Bonchev–Trinajstić information content (AvgIpc) is 2.45. The van der Waals surface area contributed by atoms with E-state index in [9.17, 15) is 0 Å². The van der Waals surface area contributed by atoms with Gasteiger partial charge in [0.25, 0.3) is 0 Å². The van der Waals surface area contributed by atoms with E-state index in [1.165, 1.54) is 0 Å². The summed E-state index contributed by atoms with van der Waals surface area (Å²) in [4.78, 5) is 0. The van der Waals surface area contributed by atoms with Crippen molar-refractivity contribution >= 4 is 17.6 Å². The van der Waals surface area contributed by atoms with Crippen molar-refractivity contribution in [2.45, 2.75) is 39.8 Å². The van der Waals surface area contributed by atoms with E-state index in [-0.39, 0.29) is 0 Å². The van der Waals surface area contributed by atoms with Crippen LogP contribution in [0.2, 0.25) is 12.1 Å². The van der Waals surface area contributed by atoms with E-state index in [0.717, 1.165) is 0 Å². The van der Waals surface area contributed by atoms with Gasteiger partial charge in [0.2, 0.25) is 0 Å². The average molecular weight is 327 g/mol. The molecular formula is C12H30O6Si2. The third-order valence-corrected chi connectivity index (χ3v) is 9.20. The Morgan fingerprint density at radius 2 is 0.800 bits per heavy atom. The van der Waals surface area contributed by atoms with E-state index >= 15 is 0 Å². The molecule has 20 heavy (non-hydrogen) atoms. The van der Waals surface area contributed by atoms with Crippen LogP contribution in [0.15, 0.2) is 0 Å². The van der Waals surface area contributed by atoms with Crippen LogP contribution >= 0.6 is 0 Å². The molecule has 0 atom stereocenters. The maximum absolute atomic E-state index is 5.77. The summed E-state index contributed by atoms with van der Waals surface area (Å²) in [6.45, 7) is 9.99. The molecule has 0 N–H and O–H groups in total. The van der Waals surface area contributed by atoms with Crippen molar-refractivity contribution in [2.24, 2.45) is 0 Å². The Hall–Kier alpha value is 0.194. The molecular weight excluding hydrogens is 296 g/mol. The summed E-state index contributed by atoms with van der Waals surface area (Å²) in [6, 6.07) is 1.26. The molecule has 0 aliphatic heterocycles. The van der Waals surface area contributed by atoms with Crippen molar-refractivity contribution in [2.75, 3.05) is 40.6 Å². The Balaban J connectivity index is 4.83. The minimum atomic E-state index is -2.66. The monoisotopic (exact) mass is 326 g/mol. The van der Waals surface area contributed by atoms with Crippen LogP contribution in [0.5, 0.6) is 0 Å². The normalized spacial score (nSPS) is 12.9. The number of hydrogen-bond acceptors (Lipinski definition) is 6. The first kappa shape index (κ1) is 20.2. The third kappa shape index (κ3) is 6.31. The fourth-order valence-corrected chi connectivity index (χ4v) is 7.83. The molecule has 8 heteroatoms. The van der Waals surface area contributed by atoms with Gasteiger partial charge in [-0.3, -0.25) is 0 Å². The summed E-state index contributed by atoms with van der Waals surface area (Å²) in [7, 11) is -2.05. The SMILES string of the molecule is CCO[Si](CC[Si](OC)(OCC)OCC)(OC)OCC. The molecule has 6 nitrogen and oxygen atoms in total. The summed E-state index contributed by atoms with van der Waals surface area (Å²) in [6.07, 6.45) is 0. The van der Waals surface area contributed by atoms with Gasteiger partial charge in [0.15, 0.2) is 0 Å². The van der Waals surface area contributed by atoms with Crippen molar-refractivity contribution in [1.29, 1.82) is 0 Å². The van der Waals surface area contributed by atoms with Crippen molar-refractivity contribution in [3.8, 4) is 0 Å². The molecule has 0 amide bonds. The molecule has 0 aromatic heterocycles. The van der Waals surface area contributed by atoms with Crippen LogP contribution in [-0.2, 0) is 26.6 Å². The molecule has 0 radical (unpaired) electrons. The molecule has 0 saturated carbocycles. The number of rotatable bonds is 13. The molecule has 0 bridgehead atoms. The molecule has 0 rings (SSSR count). The Bertz CT molecular complexity index is 206. The fourth-order valence-electron chi connectivity index (χ4n) is 2.00. The quantitative estimate of drug-likeness (QED) is 0.484. The van der Waals surface area contributed by atoms with E-state index in [2.05, 4.69) is 0 Å². The molecule has 0 fully saturated rings. The predicted molar refractivity (Wildman–Crippen MR) is 81.6 cm³/mol. The second-order valence-corrected chi connectivity index (χ2v) is 9.71. The van der Waals surface area contributed by atoms with Crippen LogP contribution in [0.25, 0.3) is 0 Å². The fraction of sp³-hybridized carbons (Fsp3) is 1.00. The highest BCUT2D eigenvalue weighted by Crippen LogP contribution is 2.25. The van der Waals surface area contributed by atoms with E-state index in [1.807, 2.05) is 27.7 Å². The van der Waals surface area contributed by atoms with Crippen LogP contribution < -0.4 is 0 Å². The lowest BCUT2D eigenvalue weighted by atomic mass is 10.9. The Kier molecular flexibility index (Phi) is 11.0. The first-order valence-corrected chi connectivity index (χ1v) is 11.1. The van der Waals surface area contributed by atoms with Gasteiger partial charge in [-0.05, 0) is 27.7 Å². The second kappa shape index (κ2) is 10.9. The van der Waals surface area contributed by atoms with Crippen molar-refractivity contribution in [3.05, 3.63) is 0 Å². The molecule has 0 unspecified atom stereocenters. The molecule has 0 aliphatic rings. The van der Waals surface area contributed by atoms with Gasteiger partial charge < -0.3 is 26.6 Å². The van der Waals surface area contributed by atoms with E-state index < -0.39 is 17.6 Å². The lowest BCUT2D eigenvalue weighted by molar-refractivity contribution is 0.0734. The van der Waals surface area contributed by atoms with Crippen molar-refractivity contribution < 1.29 is 26.6 Å². The minimum absolute atomic E-state index is 0.560. The van der Waals surface area contributed by atoms with Gasteiger partial charge in [-0.2, -0.15) is 0 Å². The van der Waals surface area contributed by atoms with E-state index in [1.54, 1.807) is 14.2 Å². The maximum atomic E-state index is 5.77. The van der Waals surface area contributed by atoms with Crippen LogP contribution in [0.4, 0.5) is 0 Å². The van der Waals surface area contributed by atoms with Gasteiger partial charge in [-0.1, -0.05) is 0 Å². The molecule has 0 aromatic rings. The standard InChI is InChI=1S/C12H30O6Si2/c1-7-15-19(13-5,16-8-2)11-12-20(14-6,17-9-3)18-10-4/h7-12H2,1-6H3. The van der Waals surface area contributed by atoms with Crippen molar-refractivity contribution in [3.63, 3.8) is 0 Å². The topological polar surface area (TPSA) is 55.4 Å². The summed E-state index contributed by atoms with van der Waals surface area (Å²) >= 11 is 0. The van der Waals surface area contributed by atoms with Crippen LogP contribution in [-0.4, -0.2) is 58.3 Å². The Labute approximate surface area is 125 Å². The minimum Gasteiger partial charge on any atom is -0.377 e. The smallest absolute Gasteiger partial charge is 0.377 e. The summed E-state index contributed by atoms with van der Waals surface area (Å²) < 4.78 is 34.2. The van der Waals surface area contributed by atoms with Crippen LogP contribution in [0.1, 0.15) is 27.7 Å². The van der Waals surface area contributed by atoms with Gasteiger partial charge in [0, 0.05) is 52.7 Å². The summed E-state index contributed by atoms with van der Waals surface area (Å²) in [5, 5.41) is 0. The first-order chi connectivity index (χ1) is 9.57. The van der Waals surface area contributed by atoms with Crippen molar-refractivity contribution in [1.82, 2.24) is 0 Å². The van der Waals surface area contributed by atoms with Gasteiger partial charge in [0.05, 0.1) is 0 Å². The Morgan fingerprint density at radius 1 is 0.550 bits per heavy atom. The molecule has 0 aliphatic carbocycles. The summed E-state index contributed by atoms with van der Waals surface area (Å²) in [5.41, 5.74) is 0. The highest BCUT2D eigenvalue weighted by Gasteiger charge is 2.47. The molecule has 0 heterocycles. The zero-order valence-electron chi connectivity index (χ0n) is 13.7. The number of hydrogen-bond donors (Lipinski definition) is 0. The predicted octanol–water partition coefficient (Wildman–Crippen LogP) is 2.30. The highest BCUT2D eigenvalue weighted by atomic mass is 28.4. The molecule has 0 saturated heterocycles. The van der Waals surface area contributed by atoms with E-state index in [0.29, 0.717) is 38.5 Å².